The molecule has 1 aromatic heterocycles. The van der Waals surface area contributed by atoms with E-state index in [2.05, 4.69) is 10.6 Å². The zero-order valence-corrected chi connectivity index (χ0v) is 11.8. The molecule has 3 N–H and O–H groups in total. The fourth-order valence-electron chi connectivity index (χ4n) is 1.81. The summed E-state index contributed by atoms with van der Waals surface area (Å²) in [6, 6.07) is 3.41. The molecule has 2 heterocycles. The molecule has 1 aliphatic rings. The van der Waals surface area contributed by atoms with E-state index in [0.29, 0.717) is 19.6 Å². The first-order valence-corrected chi connectivity index (χ1v) is 6.56. The summed E-state index contributed by atoms with van der Waals surface area (Å²) in [5.41, 5.74) is 0. The van der Waals surface area contributed by atoms with Gasteiger partial charge in [0, 0.05) is 24.5 Å². The molecule has 1 atom stereocenters. The highest BCUT2D eigenvalue weighted by molar-refractivity contribution is 7.09. The van der Waals surface area contributed by atoms with Gasteiger partial charge >= 0.3 is 6.09 Å². The molecule has 2 amide bonds. The first-order valence-electron chi connectivity index (χ1n) is 5.68. The lowest BCUT2D eigenvalue weighted by Gasteiger charge is -2.30. The molecular formula is C11H16ClN3O3S. The first-order chi connectivity index (χ1) is 8.66. The molecule has 106 valence electrons. The SMILES string of the molecule is Cl.O=C(NCc1cccs1)C1CN(C(=O)O)CCN1. The van der Waals surface area contributed by atoms with Crippen molar-refractivity contribution in [1.29, 1.82) is 0 Å². The van der Waals surface area contributed by atoms with Gasteiger partial charge in [0.25, 0.3) is 0 Å². The van der Waals surface area contributed by atoms with Crippen molar-refractivity contribution in [1.82, 2.24) is 15.5 Å². The number of hydrogen-bond donors (Lipinski definition) is 3. The monoisotopic (exact) mass is 305 g/mol. The normalized spacial score (nSPS) is 18.5. The second kappa shape index (κ2) is 7.32. The summed E-state index contributed by atoms with van der Waals surface area (Å²) < 4.78 is 0. The third-order valence-electron chi connectivity index (χ3n) is 2.78. The second-order valence-corrected chi connectivity index (χ2v) is 5.06. The van der Waals surface area contributed by atoms with Gasteiger partial charge in [0.2, 0.25) is 5.91 Å². The second-order valence-electron chi connectivity index (χ2n) is 4.03. The lowest BCUT2D eigenvalue weighted by atomic mass is 10.2. The maximum Gasteiger partial charge on any atom is 0.407 e. The molecule has 6 nitrogen and oxygen atoms in total. The molecule has 19 heavy (non-hydrogen) atoms. The molecule has 1 aromatic rings. The van der Waals surface area contributed by atoms with Gasteiger partial charge in [-0.15, -0.1) is 23.7 Å². The van der Waals surface area contributed by atoms with Gasteiger partial charge in [-0.1, -0.05) is 6.07 Å². The van der Waals surface area contributed by atoms with Crippen molar-refractivity contribution in [2.45, 2.75) is 12.6 Å². The minimum atomic E-state index is -0.979. The topological polar surface area (TPSA) is 81.7 Å². The molecule has 0 aliphatic carbocycles. The molecule has 0 radical (unpaired) electrons. The Balaban J connectivity index is 0.00000180. The van der Waals surface area contributed by atoms with Crippen LogP contribution in [0.25, 0.3) is 0 Å². The molecule has 2 rings (SSSR count). The van der Waals surface area contributed by atoms with Crippen molar-refractivity contribution >= 4 is 35.7 Å². The van der Waals surface area contributed by atoms with E-state index in [1.165, 1.54) is 4.90 Å². The van der Waals surface area contributed by atoms with Gasteiger partial charge in [0.1, 0.15) is 6.04 Å². The summed E-state index contributed by atoms with van der Waals surface area (Å²) in [5, 5.41) is 16.7. The number of carbonyl (C=O) groups is 2. The number of carbonyl (C=O) groups excluding carboxylic acids is 1. The van der Waals surface area contributed by atoms with Crippen LogP contribution in [-0.4, -0.2) is 47.7 Å². The Kier molecular flexibility index (Phi) is 6.07. The number of hydrogen-bond acceptors (Lipinski definition) is 4. The summed E-state index contributed by atoms with van der Waals surface area (Å²) in [7, 11) is 0. The zero-order chi connectivity index (χ0) is 13.0. The van der Waals surface area contributed by atoms with Crippen LogP contribution >= 0.6 is 23.7 Å². The predicted octanol–water partition coefficient (Wildman–Crippen LogP) is 0.738. The van der Waals surface area contributed by atoms with E-state index in [4.69, 9.17) is 5.11 Å². The van der Waals surface area contributed by atoms with E-state index in [1.807, 2.05) is 17.5 Å². The van der Waals surface area contributed by atoms with Crippen molar-refractivity contribution in [2.75, 3.05) is 19.6 Å². The lowest BCUT2D eigenvalue weighted by Crippen LogP contribution is -2.58. The van der Waals surface area contributed by atoms with Crippen LogP contribution in [0.15, 0.2) is 17.5 Å². The molecular weight excluding hydrogens is 290 g/mol. The van der Waals surface area contributed by atoms with Gasteiger partial charge in [-0.2, -0.15) is 0 Å². The number of rotatable bonds is 3. The summed E-state index contributed by atoms with van der Waals surface area (Å²) >= 11 is 1.58. The number of piperazine rings is 1. The van der Waals surface area contributed by atoms with Crippen molar-refractivity contribution in [2.24, 2.45) is 0 Å². The van der Waals surface area contributed by atoms with Crippen LogP contribution in [0.2, 0.25) is 0 Å². The molecule has 8 heteroatoms. The molecule has 1 saturated heterocycles. The van der Waals surface area contributed by atoms with Crippen molar-refractivity contribution in [3.8, 4) is 0 Å². The molecule has 1 aliphatic heterocycles. The third-order valence-corrected chi connectivity index (χ3v) is 3.66. The van der Waals surface area contributed by atoms with Crippen LogP contribution in [-0.2, 0) is 11.3 Å². The summed E-state index contributed by atoms with van der Waals surface area (Å²) in [4.78, 5) is 25.0. The lowest BCUT2D eigenvalue weighted by molar-refractivity contribution is -0.124. The highest BCUT2D eigenvalue weighted by Crippen LogP contribution is 2.08. The Hall–Kier alpha value is -1.31. The molecule has 1 fully saturated rings. The van der Waals surface area contributed by atoms with Gasteiger partial charge in [0.15, 0.2) is 0 Å². The standard InChI is InChI=1S/C11H15N3O3S.ClH/c15-10(13-6-8-2-1-5-18-8)9-7-14(11(16)17)4-3-12-9;/h1-2,5,9,12H,3-4,6-7H2,(H,13,15)(H,16,17);1H. The van der Waals surface area contributed by atoms with Crippen molar-refractivity contribution in [3.05, 3.63) is 22.4 Å². The minimum Gasteiger partial charge on any atom is -0.465 e. The third kappa shape index (κ3) is 4.38. The number of halogens is 1. The van der Waals surface area contributed by atoms with E-state index in [0.717, 1.165) is 4.88 Å². The highest BCUT2D eigenvalue weighted by Gasteiger charge is 2.27. The number of nitrogens with zero attached hydrogens (tertiary/aromatic N) is 1. The average Bonchev–Trinajstić information content (AvgIpc) is 2.89. The number of carboxylic acid groups (broad SMARTS) is 1. The predicted molar refractivity (Wildman–Crippen MR) is 74.8 cm³/mol. The van der Waals surface area contributed by atoms with Crippen LogP contribution in [0, 0.1) is 0 Å². The highest BCUT2D eigenvalue weighted by atomic mass is 35.5. The van der Waals surface area contributed by atoms with Crippen LogP contribution in [0.3, 0.4) is 0 Å². The first kappa shape index (κ1) is 15.7. The number of nitrogens with one attached hydrogen (secondary N) is 2. The Morgan fingerprint density at radius 1 is 1.58 bits per heavy atom. The fraction of sp³-hybridized carbons (Fsp3) is 0.455. The number of amides is 2. The fourth-order valence-corrected chi connectivity index (χ4v) is 2.45. The van der Waals surface area contributed by atoms with E-state index in [1.54, 1.807) is 11.3 Å². The van der Waals surface area contributed by atoms with E-state index in [-0.39, 0.29) is 24.9 Å². The Morgan fingerprint density at radius 3 is 3.00 bits per heavy atom. The molecule has 0 spiro atoms. The Bertz CT molecular complexity index is 427. The Labute approximate surface area is 121 Å². The maximum absolute atomic E-state index is 11.9. The maximum atomic E-state index is 11.9. The minimum absolute atomic E-state index is 0. The Morgan fingerprint density at radius 2 is 2.37 bits per heavy atom. The van der Waals surface area contributed by atoms with Crippen LogP contribution in [0.5, 0.6) is 0 Å². The molecule has 0 saturated carbocycles. The molecule has 0 aromatic carbocycles. The molecule has 0 bridgehead atoms. The summed E-state index contributed by atoms with van der Waals surface area (Å²) in [5.74, 6) is -0.158. The largest absolute Gasteiger partial charge is 0.465 e. The number of thiophene rings is 1. The van der Waals surface area contributed by atoms with Gasteiger partial charge in [0.05, 0.1) is 6.54 Å². The van der Waals surface area contributed by atoms with Gasteiger partial charge < -0.3 is 20.6 Å². The van der Waals surface area contributed by atoms with Gasteiger partial charge in [-0.05, 0) is 11.4 Å². The van der Waals surface area contributed by atoms with E-state index >= 15 is 0 Å². The summed E-state index contributed by atoms with van der Waals surface area (Å²) in [6.07, 6.45) is -0.979. The zero-order valence-electron chi connectivity index (χ0n) is 10.2. The molecule has 1 unspecified atom stereocenters. The van der Waals surface area contributed by atoms with Crippen LogP contribution in [0.1, 0.15) is 4.88 Å². The van der Waals surface area contributed by atoms with Crippen LogP contribution in [0.4, 0.5) is 4.79 Å². The van der Waals surface area contributed by atoms with E-state index < -0.39 is 12.1 Å². The van der Waals surface area contributed by atoms with Crippen LogP contribution < -0.4 is 10.6 Å². The average molecular weight is 306 g/mol. The van der Waals surface area contributed by atoms with E-state index in [9.17, 15) is 9.59 Å². The van der Waals surface area contributed by atoms with Gasteiger partial charge in [-0.3, -0.25) is 4.79 Å². The quantitative estimate of drug-likeness (QED) is 0.769. The van der Waals surface area contributed by atoms with Crippen molar-refractivity contribution in [3.63, 3.8) is 0 Å². The smallest absolute Gasteiger partial charge is 0.407 e. The van der Waals surface area contributed by atoms with Crippen molar-refractivity contribution < 1.29 is 14.7 Å². The summed E-state index contributed by atoms with van der Waals surface area (Å²) in [6.45, 7) is 1.61. The van der Waals surface area contributed by atoms with Gasteiger partial charge in [-0.25, -0.2) is 4.79 Å².